The summed E-state index contributed by atoms with van der Waals surface area (Å²) in [6, 6.07) is 5.94. The van der Waals surface area contributed by atoms with Crippen molar-refractivity contribution >= 4 is 11.8 Å². The van der Waals surface area contributed by atoms with Crippen LogP contribution in [0.25, 0.3) is 0 Å². The van der Waals surface area contributed by atoms with Crippen LogP contribution in [0.2, 0.25) is 0 Å². The maximum absolute atomic E-state index is 14.3. The maximum atomic E-state index is 14.3. The number of nitrogens with zero attached hydrogens (tertiary/aromatic N) is 1. The molecule has 0 spiro atoms. The fourth-order valence-corrected chi connectivity index (χ4v) is 3.40. The lowest BCUT2D eigenvalue weighted by Gasteiger charge is -2.40. The van der Waals surface area contributed by atoms with E-state index < -0.39 is 6.04 Å². The average molecular weight is 318 g/mol. The zero-order chi connectivity index (χ0) is 16.4. The van der Waals surface area contributed by atoms with Crippen molar-refractivity contribution in [3.63, 3.8) is 0 Å². The summed E-state index contributed by atoms with van der Waals surface area (Å²) < 4.78 is 14.3. The number of carbonyl (C=O) groups is 2. The normalized spacial score (nSPS) is 24.6. The zero-order valence-corrected chi connectivity index (χ0v) is 13.4. The molecule has 0 unspecified atom stereocenters. The smallest absolute Gasteiger partial charge is 0.225 e. The van der Waals surface area contributed by atoms with E-state index in [1.165, 1.54) is 18.9 Å². The van der Waals surface area contributed by atoms with Crippen LogP contribution in [0.5, 0.6) is 0 Å². The molecule has 2 atom stereocenters. The third-order valence-electron chi connectivity index (χ3n) is 4.87. The number of likely N-dealkylation sites (tertiary alicyclic amines) is 1. The summed E-state index contributed by atoms with van der Waals surface area (Å²) in [5.41, 5.74) is 0.439. The number of piperidine rings is 1. The lowest BCUT2D eigenvalue weighted by atomic mass is 9.83. The summed E-state index contributed by atoms with van der Waals surface area (Å²) in [4.78, 5) is 26.5. The molecule has 1 heterocycles. The van der Waals surface area contributed by atoms with E-state index in [0.717, 1.165) is 0 Å². The van der Waals surface area contributed by atoms with E-state index in [1.807, 2.05) is 6.92 Å². The van der Waals surface area contributed by atoms with Gasteiger partial charge in [-0.1, -0.05) is 18.2 Å². The van der Waals surface area contributed by atoms with Gasteiger partial charge in [0, 0.05) is 25.1 Å². The quantitative estimate of drug-likeness (QED) is 0.907. The Morgan fingerprint density at radius 3 is 2.70 bits per heavy atom. The van der Waals surface area contributed by atoms with Crippen LogP contribution in [-0.2, 0) is 9.59 Å². The van der Waals surface area contributed by atoms with Gasteiger partial charge in [-0.05, 0) is 38.2 Å². The van der Waals surface area contributed by atoms with Crippen molar-refractivity contribution in [1.29, 1.82) is 0 Å². The van der Waals surface area contributed by atoms with E-state index in [2.05, 4.69) is 5.32 Å². The van der Waals surface area contributed by atoms with Gasteiger partial charge in [-0.2, -0.15) is 0 Å². The van der Waals surface area contributed by atoms with Crippen molar-refractivity contribution in [3.05, 3.63) is 35.6 Å². The third-order valence-corrected chi connectivity index (χ3v) is 4.87. The minimum absolute atomic E-state index is 0.00741. The number of hydrogen-bond donors (Lipinski definition) is 1. The highest BCUT2D eigenvalue weighted by molar-refractivity contribution is 5.85. The van der Waals surface area contributed by atoms with Crippen molar-refractivity contribution in [2.45, 2.75) is 38.6 Å². The molecule has 1 aliphatic carbocycles. The fraction of sp³-hybridized carbons (Fsp3) is 0.556. The number of hydrogen-bond acceptors (Lipinski definition) is 2. The molecule has 1 aromatic carbocycles. The van der Waals surface area contributed by atoms with Crippen LogP contribution in [0.15, 0.2) is 24.3 Å². The van der Waals surface area contributed by atoms with E-state index in [4.69, 9.17) is 0 Å². The first kappa shape index (κ1) is 16.0. The molecule has 0 radical (unpaired) electrons. The van der Waals surface area contributed by atoms with Gasteiger partial charge in [0.25, 0.3) is 0 Å². The van der Waals surface area contributed by atoms with Gasteiger partial charge in [0.2, 0.25) is 11.8 Å². The highest BCUT2D eigenvalue weighted by Gasteiger charge is 2.41. The van der Waals surface area contributed by atoms with Crippen molar-refractivity contribution < 1.29 is 14.0 Å². The Morgan fingerprint density at radius 2 is 2.04 bits per heavy atom. The van der Waals surface area contributed by atoms with E-state index in [9.17, 15) is 14.0 Å². The number of halogens is 1. The van der Waals surface area contributed by atoms with Gasteiger partial charge in [0.05, 0.1) is 12.0 Å². The zero-order valence-electron chi connectivity index (χ0n) is 13.4. The molecule has 1 aliphatic heterocycles. The lowest BCUT2D eigenvalue weighted by molar-refractivity contribution is -0.143. The predicted octanol–water partition coefficient (Wildman–Crippen LogP) is 2.65. The summed E-state index contributed by atoms with van der Waals surface area (Å²) in [5, 5.41) is 2.99. The molecule has 1 saturated carbocycles. The fourth-order valence-electron chi connectivity index (χ4n) is 3.40. The molecule has 2 fully saturated rings. The molecule has 3 rings (SSSR count). The Hall–Kier alpha value is -1.91. The molecule has 4 nitrogen and oxygen atoms in total. The summed E-state index contributed by atoms with van der Waals surface area (Å²) >= 11 is 0. The molecular formula is C18H23FN2O2. The molecule has 0 aromatic heterocycles. The van der Waals surface area contributed by atoms with Gasteiger partial charge < -0.3 is 10.2 Å². The van der Waals surface area contributed by atoms with Crippen LogP contribution < -0.4 is 5.32 Å². The molecule has 1 N–H and O–H groups in total. The highest BCUT2D eigenvalue weighted by atomic mass is 19.1. The highest BCUT2D eigenvalue weighted by Crippen LogP contribution is 2.38. The predicted molar refractivity (Wildman–Crippen MR) is 85.0 cm³/mol. The molecule has 5 heteroatoms. The number of nitrogens with one attached hydrogen (secondary N) is 1. The van der Waals surface area contributed by atoms with Crippen LogP contribution in [0.1, 0.15) is 44.2 Å². The Balaban J connectivity index is 1.87. The SMILES string of the molecule is CCN1C(=O)CC[C@@H](C(=O)NCC2CC2)[C@@H]1c1ccccc1F. The summed E-state index contributed by atoms with van der Waals surface area (Å²) in [6.07, 6.45) is 3.16. The van der Waals surface area contributed by atoms with Crippen LogP contribution in [0, 0.1) is 17.7 Å². The standard InChI is InChI=1S/C18H23FN2O2/c1-2-21-16(22)10-9-14(18(23)20-11-12-7-8-12)17(21)13-5-3-4-6-15(13)19/h3-6,12,14,17H,2,7-11H2,1H3,(H,20,23)/t14-,17+/m1/s1. The Kier molecular flexibility index (Phi) is 4.64. The molecule has 23 heavy (non-hydrogen) atoms. The Labute approximate surface area is 136 Å². The van der Waals surface area contributed by atoms with Crippen LogP contribution >= 0.6 is 0 Å². The van der Waals surface area contributed by atoms with Gasteiger partial charge in [-0.15, -0.1) is 0 Å². The van der Waals surface area contributed by atoms with Crippen molar-refractivity contribution in [2.24, 2.45) is 11.8 Å². The molecule has 1 aromatic rings. The minimum atomic E-state index is -0.512. The molecule has 2 aliphatic rings. The first-order valence-electron chi connectivity index (χ1n) is 8.43. The number of benzene rings is 1. The van der Waals surface area contributed by atoms with Crippen molar-refractivity contribution in [2.75, 3.05) is 13.1 Å². The summed E-state index contributed by atoms with van der Waals surface area (Å²) in [7, 11) is 0. The van der Waals surface area contributed by atoms with Gasteiger partial charge in [-0.25, -0.2) is 4.39 Å². The van der Waals surface area contributed by atoms with E-state index in [0.29, 0.717) is 37.4 Å². The van der Waals surface area contributed by atoms with Crippen LogP contribution in [0.3, 0.4) is 0 Å². The molecular weight excluding hydrogens is 295 g/mol. The van der Waals surface area contributed by atoms with Gasteiger partial charge in [0.1, 0.15) is 5.82 Å². The van der Waals surface area contributed by atoms with Gasteiger partial charge in [0.15, 0.2) is 0 Å². The summed E-state index contributed by atoms with van der Waals surface area (Å²) in [5.74, 6) is -0.213. The largest absolute Gasteiger partial charge is 0.356 e. The lowest BCUT2D eigenvalue weighted by Crippen LogP contribution is -2.48. The van der Waals surface area contributed by atoms with Crippen molar-refractivity contribution in [3.8, 4) is 0 Å². The Morgan fingerprint density at radius 1 is 1.30 bits per heavy atom. The van der Waals surface area contributed by atoms with E-state index in [1.54, 1.807) is 23.1 Å². The Bertz CT molecular complexity index is 600. The number of rotatable bonds is 5. The van der Waals surface area contributed by atoms with Crippen molar-refractivity contribution in [1.82, 2.24) is 10.2 Å². The minimum Gasteiger partial charge on any atom is -0.356 e. The molecule has 2 amide bonds. The maximum Gasteiger partial charge on any atom is 0.225 e. The van der Waals surface area contributed by atoms with E-state index >= 15 is 0 Å². The third kappa shape index (κ3) is 3.38. The van der Waals surface area contributed by atoms with E-state index in [-0.39, 0.29) is 23.5 Å². The van der Waals surface area contributed by atoms with Gasteiger partial charge in [-0.3, -0.25) is 9.59 Å². The van der Waals surface area contributed by atoms with Crippen LogP contribution in [-0.4, -0.2) is 29.8 Å². The first-order chi connectivity index (χ1) is 11.1. The number of amides is 2. The molecule has 0 bridgehead atoms. The topological polar surface area (TPSA) is 49.4 Å². The summed E-state index contributed by atoms with van der Waals surface area (Å²) in [6.45, 7) is 3.04. The second-order valence-electron chi connectivity index (χ2n) is 6.48. The molecule has 1 saturated heterocycles. The second kappa shape index (κ2) is 6.69. The number of carbonyl (C=O) groups excluding carboxylic acids is 2. The van der Waals surface area contributed by atoms with Crippen LogP contribution in [0.4, 0.5) is 4.39 Å². The first-order valence-corrected chi connectivity index (χ1v) is 8.43. The van der Waals surface area contributed by atoms with Gasteiger partial charge >= 0.3 is 0 Å². The second-order valence-corrected chi connectivity index (χ2v) is 6.48. The monoisotopic (exact) mass is 318 g/mol. The molecule has 124 valence electrons. The average Bonchev–Trinajstić information content (AvgIpc) is 3.37.